The second-order valence-electron chi connectivity index (χ2n) is 7.93. The molecule has 0 saturated carbocycles. The van der Waals surface area contributed by atoms with Crippen LogP contribution in [0.1, 0.15) is 29.2 Å². The lowest BCUT2D eigenvalue weighted by Crippen LogP contribution is -2.16. The lowest BCUT2D eigenvalue weighted by molar-refractivity contribution is 0.413. The minimum atomic E-state index is -0.255. The van der Waals surface area contributed by atoms with E-state index in [2.05, 4.69) is 9.97 Å². The fourth-order valence-corrected chi connectivity index (χ4v) is 4.43. The summed E-state index contributed by atoms with van der Waals surface area (Å²) in [6.07, 6.45) is 5.00. The van der Waals surface area contributed by atoms with Crippen LogP contribution in [0.15, 0.2) is 55.0 Å². The molecule has 7 nitrogen and oxygen atoms in total. The monoisotopic (exact) mass is 464 g/mol. The summed E-state index contributed by atoms with van der Waals surface area (Å²) in [7, 11) is 3.49. The van der Waals surface area contributed by atoms with Crippen LogP contribution in [-0.2, 0) is 6.42 Å². The van der Waals surface area contributed by atoms with Gasteiger partial charge in [-0.3, -0.25) is 0 Å². The largest absolute Gasteiger partial charge is 0.494 e. The molecule has 5 rings (SSSR count). The van der Waals surface area contributed by atoms with Crippen LogP contribution in [0, 0.1) is 5.82 Å². The molecule has 168 valence electrons. The second-order valence-corrected chi connectivity index (χ2v) is 8.32. The van der Waals surface area contributed by atoms with Gasteiger partial charge in [-0.25, -0.2) is 14.4 Å². The molecule has 0 bridgehead atoms. The van der Waals surface area contributed by atoms with Gasteiger partial charge in [0.05, 0.1) is 18.5 Å². The van der Waals surface area contributed by atoms with Gasteiger partial charge in [-0.05, 0) is 42.7 Å². The van der Waals surface area contributed by atoms with E-state index in [0.717, 1.165) is 41.0 Å². The van der Waals surface area contributed by atoms with Crippen molar-refractivity contribution >= 4 is 29.1 Å². The fraction of sp³-hybridized carbons (Fsp3) is 0.208. The lowest BCUT2D eigenvalue weighted by atomic mass is 9.97. The molecule has 4 aromatic rings. The summed E-state index contributed by atoms with van der Waals surface area (Å²) in [4.78, 5) is 15.4. The average Bonchev–Trinajstić information content (AvgIpc) is 3.45. The van der Waals surface area contributed by atoms with E-state index < -0.39 is 0 Å². The number of aromatic nitrogens is 4. The fourth-order valence-electron chi connectivity index (χ4n) is 4.28. The van der Waals surface area contributed by atoms with Gasteiger partial charge >= 0.3 is 0 Å². The molecule has 2 N–H and O–H groups in total. The van der Waals surface area contributed by atoms with Crippen LogP contribution >= 0.6 is 11.6 Å². The number of methoxy groups -OCH3 is 1. The molecule has 2 aromatic carbocycles. The van der Waals surface area contributed by atoms with E-state index >= 15 is 0 Å². The highest BCUT2D eigenvalue weighted by atomic mass is 35.5. The third kappa shape index (κ3) is 3.87. The first-order chi connectivity index (χ1) is 15.9. The average molecular weight is 465 g/mol. The van der Waals surface area contributed by atoms with E-state index in [1.807, 2.05) is 42.3 Å². The topological polar surface area (TPSA) is 82.1 Å². The Morgan fingerprint density at radius 2 is 1.97 bits per heavy atom. The molecule has 2 aromatic heterocycles. The van der Waals surface area contributed by atoms with Gasteiger partial charge in [0, 0.05) is 36.5 Å². The van der Waals surface area contributed by atoms with Gasteiger partial charge in [0.25, 0.3) is 0 Å². The maximum atomic E-state index is 13.4. The molecule has 0 fully saturated rings. The van der Waals surface area contributed by atoms with Crippen LogP contribution in [0.3, 0.4) is 0 Å². The van der Waals surface area contributed by atoms with Crippen molar-refractivity contribution in [3.05, 3.63) is 82.8 Å². The first-order valence-corrected chi connectivity index (χ1v) is 10.9. The molecular weight excluding hydrogens is 443 g/mol. The highest BCUT2D eigenvalue weighted by molar-refractivity contribution is 6.29. The maximum Gasteiger partial charge on any atom is 0.231 e. The Hall–Kier alpha value is -3.65. The molecule has 0 saturated heterocycles. The zero-order valence-electron chi connectivity index (χ0n) is 18.2. The number of hydrogen-bond acceptors (Lipinski definition) is 6. The predicted octanol–water partition coefficient (Wildman–Crippen LogP) is 4.89. The Balaban J connectivity index is 1.50. The molecule has 0 aliphatic heterocycles. The number of fused-ring (bicyclic) bond motifs is 1. The van der Waals surface area contributed by atoms with Crippen molar-refractivity contribution in [1.82, 2.24) is 19.5 Å². The number of ether oxygens (including phenoxy) is 1. The number of benzene rings is 2. The first kappa shape index (κ1) is 21.2. The lowest BCUT2D eigenvalue weighted by Gasteiger charge is -2.21. The van der Waals surface area contributed by atoms with Gasteiger partial charge in [-0.15, -0.1) is 0 Å². The van der Waals surface area contributed by atoms with Gasteiger partial charge in [0.15, 0.2) is 0 Å². The summed E-state index contributed by atoms with van der Waals surface area (Å²) in [5.41, 5.74) is 10.8. The van der Waals surface area contributed by atoms with Crippen molar-refractivity contribution in [1.29, 1.82) is 0 Å². The maximum absolute atomic E-state index is 13.4. The first-order valence-electron chi connectivity index (χ1n) is 10.5. The molecule has 1 unspecified atom stereocenters. The zero-order chi connectivity index (χ0) is 23.1. The van der Waals surface area contributed by atoms with Crippen molar-refractivity contribution in [2.75, 3.05) is 24.8 Å². The summed E-state index contributed by atoms with van der Waals surface area (Å²) >= 11 is 5.96. The highest BCUT2D eigenvalue weighted by Crippen LogP contribution is 2.40. The molecule has 0 spiro atoms. The Bertz CT molecular complexity index is 1320. The number of halogens is 2. The summed E-state index contributed by atoms with van der Waals surface area (Å²) in [5, 5.41) is 0.399. The molecule has 33 heavy (non-hydrogen) atoms. The quantitative estimate of drug-likeness (QED) is 0.452. The van der Waals surface area contributed by atoms with Crippen LogP contribution in [0.4, 0.5) is 21.8 Å². The van der Waals surface area contributed by atoms with Gasteiger partial charge in [0.2, 0.25) is 5.95 Å². The van der Waals surface area contributed by atoms with Gasteiger partial charge in [-0.2, -0.15) is 4.98 Å². The Kier molecular flexibility index (Phi) is 5.38. The number of rotatable bonds is 5. The Labute approximate surface area is 195 Å². The van der Waals surface area contributed by atoms with Crippen molar-refractivity contribution in [3.63, 3.8) is 0 Å². The zero-order valence-corrected chi connectivity index (χ0v) is 18.9. The normalized spacial score (nSPS) is 14.8. The molecule has 0 amide bonds. The smallest absolute Gasteiger partial charge is 0.231 e. The third-order valence-electron chi connectivity index (χ3n) is 6.02. The summed E-state index contributed by atoms with van der Waals surface area (Å²) in [5.74, 6) is 1.41. The standard InChI is InChI=1S/C24H22ClFN6O/c1-31(16-7-10-19(20(11-16)33-2)32-12-21(25)28-13-32)24-29-22-17(8-9-18(22)23(27)30-24)14-3-5-15(26)6-4-14/h3-7,10-13,17H,8-9H2,1-2H3,(H2,27,29,30). The number of nitrogens with two attached hydrogens (primary N) is 1. The van der Waals surface area contributed by atoms with E-state index in [1.54, 1.807) is 24.2 Å². The molecule has 0 radical (unpaired) electrons. The number of imidazole rings is 1. The minimum absolute atomic E-state index is 0.0564. The minimum Gasteiger partial charge on any atom is -0.494 e. The number of nitrogens with zero attached hydrogens (tertiary/aromatic N) is 5. The molecule has 2 heterocycles. The number of anilines is 3. The molecule has 9 heteroatoms. The third-order valence-corrected chi connectivity index (χ3v) is 6.22. The van der Waals surface area contributed by atoms with E-state index in [1.165, 1.54) is 12.1 Å². The van der Waals surface area contributed by atoms with Crippen LogP contribution in [-0.4, -0.2) is 33.7 Å². The highest BCUT2D eigenvalue weighted by Gasteiger charge is 2.29. The van der Waals surface area contributed by atoms with Crippen molar-refractivity contribution in [2.24, 2.45) is 0 Å². The van der Waals surface area contributed by atoms with Crippen LogP contribution < -0.4 is 15.4 Å². The summed E-state index contributed by atoms with van der Waals surface area (Å²) < 4.78 is 20.8. The van der Waals surface area contributed by atoms with Crippen LogP contribution in [0.5, 0.6) is 5.75 Å². The Morgan fingerprint density at radius 1 is 1.18 bits per heavy atom. The van der Waals surface area contributed by atoms with Crippen molar-refractivity contribution in [2.45, 2.75) is 18.8 Å². The number of hydrogen-bond donors (Lipinski definition) is 1. The van der Waals surface area contributed by atoms with Crippen molar-refractivity contribution in [3.8, 4) is 11.4 Å². The van der Waals surface area contributed by atoms with Gasteiger partial charge < -0.3 is 19.9 Å². The van der Waals surface area contributed by atoms with E-state index in [0.29, 0.717) is 22.7 Å². The van der Waals surface area contributed by atoms with Crippen molar-refractivity contribution < 1.29 is 9.13 Å². The van der Waals surface area contributed by atoms with Crippen LogP contribution in [0.2, 0.25) is 5.15 Å². The van der Waals surface area contributed by atoms with Crippen LogP contribution in [0.25, 0.3) is 5.69 Å². The van der Waals surface area contributed by atoms with E-state index in [4.69, 9.17) is 27.1 Å². The molecule has 1 aliphatic carbocycles. The van der Waals surface area contributed by atoms with Gasteiger partial charge in [-0.1, -0.05) is 23.7 Å². The summed E-state index contributed by atoms with van der Waals surface area (Å²) in [6.45, 7) is 0. The molecular formula is C24H22ClFN6O. The van der Waals surface area contributed by atoms with E-state index in [9.17, 15) is 4.39 Å². The van der Waals surface area contributed by atoms with Gasteiger partial charge in [0.1, 0.15) is 28.9 Å². The Morgan fingerprint density at radius 3 is 2.67 bits per heavy atom. The molecule has 1 atom stereocenters. The predicted molar refractivity (Wildman–Crippen MR) is 126 cm³/mol. The van der Waals surface area contributed by atoms with E-state index in [-0.39, 0.29) is 11.7 Å². The number of nitrogen functional groups attached to an aromatic ring is 1. The molecule has 1 aliphatic rings. The summed E-state index contributed by atoms with van der Waals surface area (Å²) in [6, 6.07) is 12.3. The second kappa shape index (κ2) is 8.37. The SMILES string of the molecule is COc1cc(N(C)c2nc(N)c3c(n2)C(c2ccc(F)cc2)CC3)ccc1-n1cnc(Cl)c1.